The van der Waals surface area contributed by atoms with Crippen LogP contribution in [0.2, 0.25) is 0 Å². The van der Waals surface area contributed by atoms with Gasteiger partial charge in [-0.15, -0.1) is 0 Å². The third kappa shape index (κ3) is 1.57. The van der Waals surface area contributed by atoms with E-state index in [-0.39, 0.29) is 5.54 Å². The fourth-order valence-electron chi connectivity index (χ4n) is 2.20. The topological polar surface area (TPSA) is 15.3 Å². The van der Waals surface area contributed by atoms with Crippen LogP contribution >= 0.6 is 0 Å². The maximum atomic E-state index is 4.00. The van der Waals surface area contributed by atoms with Crippen molar-refractivity contribution in [1.82, 2.24) is 10.2 Å². The van der Waals surface area contributed by atoms with Crippen LogP contribution in [0, 0.1) is 5.92 Å². The summed E-state index contributed by atoms with van der Waals surface area (Å²) in [6.45, 7) is 12.0. The first-order valence-electron chi connectivity index (χ1n) is 4.61. The van der Waals surface area contributed by atoms with Gasteiger partial charge >= 0.3 is 0 Å². The molecule has 1 rings (SSSR count). The van der Waals surface area contributed by atoms with Gasteiger partial charge in [-0.25, -0.2) is 0 Å². The average molecular weight is 168 g/mol. The highest BCUT2D eigenvalue weighted by Crippen LogP contribution is 2.33. The molecule has 1 aliphatic rings. The number of likely N-dealkylation sites (tertiary alicyclic amines) is 1. The van der Waals surface area contributed by atoms with Gasteiger partial charge < -0.3 is 10.2 Å². The minimum atomic E-state index is 0.277. The number of rotatable bonds is 2. The number of nitrogens with zero attached hydrogens (tertiary/aromatic N) is 1. The van der Waals surface area contributed by atoms with Gasteiger partial charge in [-0.1, -0.05) is 13.5 Å². The average Bonchev–Trinajstić information content (AvgIpc) is 2.23. The highest BCUT2D eigenvalue weighted by Gasteiger charge is 2.36. The molecule has 2 nitrogen and oxygen atoms in total. The summed E-state index contributed by atoms with van der Waals surface area (Å²) in [5.74, 6) is 1.83. The molecule has 0 radical (unpaired) electrons. The Balaban J connectivity index is 2.71. The van der Waals surface area contributed by atoms with Gasteiger partial charge in [0.25, 0.3) is 0 Å². The van der Waals surface area contributed by atoms with Crippen molar-refractivity contribution in [2.75, 3.05) is 13.6 Å². The van der Waals surface area contributed by atoms with Crippen molar-refractivity contribution in [1.29, 1.82) is 0 Å². The van der Waals surface area contributed by atoms with E-state index >= 15 is 0 Å². The number of hydrogen-bond acceptors (Lipinski definition) is 2. The number of nitrogens with one attached hydrogen (secondary N) is 1. The quantitative estimate of drug-likeness (QED) is 0.676. The molecule has 1 aliphatic heterocycles. The van der Waals surface area contributed by atoms with Crippen LogP contribution in [-0.4, -0.2) is 24.0 Å². The van der Waals surface area contributed by atoms with E-state index in [4.69, 9.17) is 0 Å². The van der Waals surface area contributed by atoms with E-state index in [0.29, 0.717) is 0 Å². The fraction of sp³-hybridized carbons (Fsp3) is 0.800. The minimum absolute atomic E-state index is 0.277. The van der Waals surface area contributed by atoms with Gasteiger partial charge in [0.15, 0.2) is 0 Å². The van der Waals surface area contributed by atoms with Crippen molar-refractivity contribution in [3.05, 3.63) is 12.4 Å². The Labute approximate surface area is 75.6 Å². The second-order valence-electron chi connectivity index (χ2n) is 4.43. The molecule has 1 heterocycles. The lowest BCUT2D eigenvalue weighted by Crippen LogP contribution is -2.40. The Kier molecular flexibility index (Phi) is 2.36. The summed E-state index contributed by atoms with van der Waals surface area (Å²) < 4.78 is 0. The zero-order valence-corrected chi connectivity index (χ0v) is 8.65. The van der Waals surface area contributed by atoms with Crippen molar-refractivity contribution in [3.8, 4) is 0 Å². The Morgan fingerprint density at radius 2 is 2.17 bits per heavy atom. The molecule has 2 heteroatoms. The lowest BCUT2D eigenvalue weighted by atomic mass is 9.98. The molecule has 70 valence electrons. The smallest absolute Gasteiger partial charge is 0.0940 e. The van der Waals surface area contributed by atoms with Gasteiger partial charge in [0.2, 0.25) is 0 Å². The molecular formula is C10H20N2. The maximum absolute atomic E-state index is 4.00. The fourth-order valence-corrected chi connectivity index (χ4v) is 2.20. The Hall–Kier alpha value is -0.660. The highest BCUT2D eigenvalue weighted by molar-refractivity contribution is 5.03. The molecule has 0 aromatic rings. The SMILES string of the molecule is C=C(NC)N1C[C@@H](C)CC1(C)C. The second kappa shape index (κ2) is 3.00. The van der Waals surface area contributed by atoms with Gasteiger partial charge in [-0.2, -0.15) is 0 Å². The molecule has 1 N–H and O–H groups in total. The van der Waals surface area contributed by atoms with E-state index in [2.05, 4.69) is 37.6 Å². The largest absolute Gasteiger partial charge is 0.375 e. The van der Waals surface area contributed by atoms with E-state index in [0.717, 1.165) is 18.3 Å². The van der Waals surface area contributed by atoms with Crippen molar-refractivity contribution in [2.45, 2.75) is 32.7 Å². The normalized spacial score (nSPS) is 27.3. The first-order valence-corrected chi connectivity index (χ1v) is 4.61. The van der Waals surface area contributed by atoms with Crippen LogP contribution in [0.25, 0.3) is 0 Å². The summed E-state index contributed by atoms with van der Waals surface area (Å²) in [7, 11) is 1.93. The van der Waals surface area contributed by atoms with Gasteiger partial charge in [0.1, 0.15) is 0 Å². The van der Waals surface area contributed by atoms with E-state index in [9.17, 15) is 0 Å². The van der Waals surface area contributed by atoms with E-state index in [1.54, 1.807) is 0 Å². The Bertz CT molecular complexity index is 184. The molecule has 0 bridgehead atoms. The summed E-state index contributed by atoms with van der Waals surface area (Å²) in [6, 6.07) is 0. The van der Waals surface area contributed by atoms with E-state index in [1.807, 2.05) is 7.05 Å². The molecule has 1 saturated heterocycles. The van der Waals surface area contributed by atoms with Gasteiger partial charge in [0.05, 0.1) is 5.82 Å². The van der Waals surface area contributed by atoms with Gasteiger partial charge in [-0.3, -0.25) is 0 Å². The van der Waals surface area contributed by atoms with Crippen LogP contribution in [0.15, 0.2) is 12.4 Å². The van der Waals surface area contributed by atoms with Crippen LogP contribution in [0.3, 0.4) is 0 Å². The zero-order valence-electron chi connectivity index (χ0n) is 8.65. The van der Waals surface area contributed by atoms with E-state index < -0.39 is 0 Å². The first kappa shape index (κ1) is 9.43. The van der Waals surface area contributed by atoms with Crippen molar-refractivity contribution < 1.29 is 0 Å². The van der Waals surface area contributed by atoms with Crippen LogP contribution < -0.4 is 5.32 Å². The summed E-state index contributed by atoms with van der Waals surface area (Å²) >= 11 is 0. The predicted octanol–water partition coefficient (Wildman–Crippen LogP) is 1.80. The van der Waals surface area contributed by atoms with Crippen LogP contribution in [0.1, 0.15) is 27.2 Å². The lowest BCUT2D eigenvalue weighted by Gasteiger charge is -2.34. The molecule has 0 unspecified atom stereocenters. The lowest BCUT2D eigenvalue weighted by molar-refractivity contribution is 0.216. The van der Waals surface area contributed by atoms with Crippen molar-refractivity contribution in [2.24, 2.45) is 5.92 Å². The third-order valence-electron chi connectivity index (χ3n) is 2.69. The molecule has 0 aromatic heterocycles. The summed E-state index contributed by atoms with van der Waals surface area (Å²) in [5.41, 5.74) is 0.277. The highest BCUT2D eigenvalue weighted by atomic mass is 15.3. The maximum Gasteiger partial charge on any atom is 0.0940 e. The van der Waals surface area contributed by atoms with E-state index in [1.165, 1.54) is 6.42 Å². The van der Waals surface area contributed by atoms with Crippen molar-refractivity contribution >= 4 is 0 Å². The molecule has 0 amide bonds. The second-order valence-corrected chi connectivity index (χ2v) is 4.43. The summed E-state index contributed by atoms with van der Waals surface area (Å²) in [4.78, 5) is 2.36. The minimum Gasteiger partial charge on any atom is -0.375 e. The van der Waals surface area contributed by atoms with Crippen LogP contribution in [-0.2, 0) is 0 Å². The van der Waals surface area contributed by atoms with Crippen molar-refractivity contribution in [3.63, 3.8) is 0 Å². The molecule has 0 spiro atoms. The number of hydrogen-bond donors (Lipinski definition) is 1. The molecule has 1 atom stereocenters. The van der Waals surface area contributed by atoms with Gasteiger partial charge in [0, 0.05) is 19.1 Å². The molecule has 0 aliphatic carbocycles. The zero-order chi connectivity index (χ0) is 9.35. The standard InChI is InChI=1S/C10H20N2/c1-8-6-10(3,4)12(7-8)9(2)11-5/h8,11H,2,6-7H2,1,3-5H3/t8-/m0/s1. The van der Waals surface area contributed by atoms with Crippen LogP contribution in [0.5, 0.6) is 0 Å². The summed E-state index contributed by atoms with van der Waals surface area (Å²) in [6.07, 6.45) is 1.26. The Morgan fingerprint density at radius 1 is 1.58 bits per heavy atom. The molecule has 0 saturated carbocycles. The summed E-state index contributed by atoms with van der Waals surface area (Å²) in [5, 5.41) is 3.11. The molecule has 1 fully saturated rings. The Morgan fingerprint density at radius 3 is 2.50 bits per heavy atom. The molecule has 12 heavy (non-hydrogen) atoms. The third-order valence-corrected chi connectivity index (χ3v) is 2.69. The molecular weight excluding hydrogens is 148 g/mol. The monoisotopic (exact) mass is 168 g/mol. The predicted molar refractivity (Wildman–Crippen MR) is 52.8 cm³/mol. The first-order chi connectivity index (χ1) is 5.47. The van der Waals surface area contributed by atoms with Gasteiger partial charge in [-0.05, 0) is 26.2 Å². The van der Waals surface area contributed by atoms with Crippen LogP contribution in [0.4, 0.5) is 0 Å². The molecule has 0 aromatic carbocycles.